The number of hydrogen-bond donors (Lipinski definition) is 1. The van der Waals surface area contributed by atoms with E-state index in [1.165, 1.54) is 28.3 Å². The average Bonchev–Trinajstić information content (AvgIpc) is 2.84. The molecule has 2 aliphatic rings. The van der Waals surface area contributed by atoms with Gasteiger partial charge in [0.1, 0.15) is 0 Å². The minimum Gasteiger partial charge on any atom is -0.349 e. The molecule has 1 fully saturated rings. The molecule has 0 radical (unpaired) electrons. The number of fused-ring (bicyclic) bond motifs is 1. The number of nitrogens with zero attached hydrogens (tertiary/aromatic N) is 1. The second-order valence-corrected chi connectivity index (χ2v) is 12.2. The van der Waals surface area contributed by atoms with E-state index in [0.717, 1.165) is 24.8 Å². The summed E-state index contributed by atoms with van der Waals surface area (Å²) in [6, 6.07) is 11.3. The van der Waals surface area contributed by atoms with Crippen molar-refractivity contribution in [2.24, 2.45) is 5.92 Å². The van der Waals surface area contributed by atoms with Crippen molar-refractivity contribution in [3.05, 3.63) is 68.7 Å². The van der Waals surface area contributed by atoms with Crippen molar-refractivity contribution in [2.75, 3.05) is 13.1 Å². The number of piperidine rings is 1. The van der Waals surface area contributed by atoms with Gasteiger partial charge in [-0.25, -0.2) is 12.7 Å². The van der Waals surface area contributed by atoms with Gasteiger partial charge in [-0.2, -0.15) is 0 Å². The van der Waals surface area contributed by atoms with E-state index in [1.54, 1.807) is 18.2 Å². The lowest BCUT2D eigenvalue weighted by Crippen LogP contribution is -2.46. The predicted molar refractivity (Wildman–Crippen MR) is 138 cm³/mol. The zero-order chi connectivity index (χ0) is 24.3. The highest BCUT2D eigenvalue weighted by Crippen LogP contribution is 2.29. The fourth-order valence-corrected chi connectivity index (χ4v) is 7.21. The normalized spacial score (nSPS) is 19.9. The molecule has 0 unspecified atom stereocenters. The number of sulfonamides is 1. The summed E-state index contributed by atoms with van der Waals surface area (Å²) in [5, 5.41) is 4.00. The van der Waals surface area contributed by atoms with E-state index in [9.17, 15) is 13.2 Å². The smallest absolute Gasteiger partial charge is 0.224 e. The standard InChI is InChI=1S/C26H32Cl2N2O3S/c1-2-25(20-10-9-18-6-3-4-7-19(18)14-20)29-26(31)21-8-5-13-30(16-21)34(32,33)17-22-11-12-23(27)15-24(22)28/h9-12,14-15,21,25H,2-8,13,16-17H2,1H3,(H,29,31)/t21-,25+/m1/s1. The summed E-state index contributed by atoms with van der Waals surface area (Å²) in [7, 11) is -3.61. The number of hydrogen-bond acceptors (Lipinski definition) is 3. The maximum absolute atomic E-state index is 13.2. The van der Waals surface area contributed by atoms with Gasteiger partial charge in [0.15, 0.2) is 0 Å². The van der Waals surface area contributed by atoms with Gasteiger partial charge in [-0.05, 0) is 79.3 Å². The molecule has 0 aromatic heterocycles. The fourth-order valence-electron chi connectivity index (χ4n) is 5.02. The van der Waals surface area contributed by atoms with Crippen molar-refractivity contribution < 1.29 is 13.2 Å². The van der Waals surface area contributed by atoms with Crippen molar-refractivity contribution in [3.8, 4) is 0 Å². The molecule has 1 aliphatic heterocycles. The topological polar surface area (TPSA) is 66.5 Å². The Bertz CT molecular complexity index is 1150. The summed E-state index contributed by atoms with van der Waals surface area (Å²) in [6.07, 6.45) is 6.81. The second-order valence-electron chi connectivity index (χ2n) is 9.39. The Labute approximate surface area is 212 Å². The van der Waals surface area contributed by atoms with Crippen LogP contribution in [0.25, 0.3) is 0 Å². The Morgan fingerprint density at radius 3 is 2.59 bits per heavy atom. The highest BCUT2D eigenvalue weighted by atomic mass is 35.5. The predicted octanol–water partition coefficient (Wildman–Crippen LogP) is 5.68. The summed E-state index contributed by atoms with van der Waals surface area (Å²) in [5.74, 6) is -0.644. The molecule has 34 heavy (non-hydrogen) atoms. The van der Waals surface area contributed by atoms with Crippen LogP contribution >= 0.6 is 23.2 Å². The summed E-state index contributed by atoms with van der Waals surface area (Å²) in [6.45, 7) is 2.68. The number of benzene rings is 2. The Morgan fingerprint density at radius 2 is 1.85 bits per heavy atom. The van der Waals surface area contributed by atoms with E-state index < -0.39 is 10.0 Å². The zero-order valence-corrected chi connectivity index (χ0v) is 21.9. The van der Waals surface area contributed by atoms with E-state index in [0.29, 0.717) is 35.0 Å². The van der Waals surface area contributed by atoms with Gasteiger partial charge in [0.2, 0.25) is 15.9 Å². The molecule has 0 bridgehead atoms. The first-order chi connectivity index (χ1) is 16.3. The fraction of sp³-hybridized carbons (Fsp3) is 0.500. The highest BCUT2D eigenvalue weighted by Gasteiger charge is 2.33. The molecule has 4 rings (SSSR count). The summed E-state index contributed by atoms with van der Waals surface area (Å²) >= 11 is 12.1. The summed E-state index contributed by atoms with van der Waals surface area (Å²) in [5.41, 5.74) is 4.46. The lowest BCUT2D eigenvalue weighted by molar-refractivity contribution is -0.126. The third kappa shape index (κ3) is 5.96. The minimum absolute atomic E-state index is 0.0698. The Morgan fingerprint density at radius 1 is 1.09 bits per heavy atom. The highest BCUT2D eigenvalue weighted by molar-refractivity contribution is 7.88. The minimum atomic E-state index is -3.61. The van der Waals surface area contributed by atoms with Crippen LogP contribution in [0.3, 0.4) is 0 Å². The number of halogens is 2. The number of amides is 1. The SMILES string of the molecule is CC[C@H](NC(=O)[C@@H]1CCCN(S(=O)(=O)Cc2ccc(Cl)cc2Cl)C1)c1ccc2c(c1)CCCC2. The number of carbonyl (C=O) groups excluding carboxylic acids is 1. The lowest BCUT2D eigenvalue weighted by atomic mass is 9.88. The van der Waals surface area contributed by atoms with Gasteiger partial charge in [-0.3, -0.25) is 4.79 Å². The van der Waals surface area contributed by atoms with Crippen molar-refractivity contribution >= 4 is 39.1 Å². The van der Waals surface area contributed by atoms with Crippen LogP contribution in [-0.2, 0) is 33.4 Å². The van der Waals surface area contributed by atoms with Crippen LogP contribution in [0.4, 0.5) is 0 Å². The zero-order valence-electron chi connectivity index (χ0n) is 19.5. The van der Waals surface area contributed by atoms with E-state index in [-0.39, 0.29) is 30.2 Å². The molecule has 1 heterocycles. The molecule has 2 aromatic rings. The second kappa shape index (κ2) is 11.0. The molecule has 1 aliphatic carbocycles. The van der Waals surface area contributed by atoms with E-state index >= 15 is 0 Å². The van der Waals surface area contributed by atoms with Gasteiger partial charge in [-0.1, -0.05) is 54.4 Å². The summed E-state index contributed by atoms with van der Waals surface area (Å²) in [4.78, 5) is 13.2. The first-order valence-corrected chi connectivity index (χ1v) is 14.5. The van der Waals surface area contributed by atoms with Crippen molar-refractivity contribution in [1.29, 1.82) is 0 Å². The Balaban J connectivity index is 1.42. The van der Waals surface area contributed by atoms with E-state index in [1.807, 2.05) is 0 Å². The molecule has 184 valence electrons. The van der Waals surface area contributed by atoms with Gasteiger partial charge in [0.25, 0.3) is 0 Å². The third-order valence-corrected chi connectivity index (χ3v) is 9.38. The monoisotopic (exact) mass is 522 g/mol. The lowest BCUT2D eigenvalue weighted by Gasteiger charge is -2.32. The molecule has 0 saturated carbocycles. The van der Waals surface area contributed by atoms with Gasteiger partial charge < -0.3 is 5.32 Å². The van der Waals surface area contributed by atoms with Crippen LogP contribution in [0, 0.1) is 5.92 Å². The molecular weight excluding hydrogens is 491 g/mol. The molecule has 2 atom stereocenters. The van der Waals surface area contributed by atoms with Gasteiger partial charge >= 0.3 is 0 Å². The first-order valence-electron chi connectivity index (χ1n) is 12.1. The average molecular weight is 524 g/mol. The van der Waals surface area contributed by atoms with Gasteiger partial charge in [-0.15, -0.1) is 0 Å². The molecule has 1 N–H and O–H groups in total. The van der Waals surface area contributed by atoms with Crippen LogP contribution in [0.5, 0.6) is 0 Å². The molecule has 1 amide bonds. The largest absolute Gasteiger partial charge is 0.349 e. The quantitative estimate of drug-likeness (QED) is 0.508. The molecule has 8 heteroatoms. The van der Waals surface area contributed by atoms with Crippen LogP contribution < -0.4 is 5.32 Å². The van der Waals surface area contributed by atoms with Crippen LogP contribution in [0.1, 0.15) is 67.3 Å². The van der Waals surface area contributed by atoms with Crippen LogP contribution in [0.15, 0.2) is 36.4 Å². The van der Waals surface area contributed by atoms with Crippen molar-refractivity contribution in [2.45, 2.75) is 63.7 Å². The van der Waals surface area contributed by atoms with E-state index in [4.69, 9.17) is 23.2 Å². The third-order valence-electron chi connectivity index (χ3n) is 7.00. The molecule has 2 aromatic carbocycles. The first kappa shape index (κ1) is 25.5. The number of rotatable bonds is 7. The number of carbonyl (C=O) groups is 1. The molecule has 5 nitrogen and oxygen atoms in total. The maximum atomic E-state index is 13.2. The van der Waals surface area contributed by atoms with Crippen LogP contribution in [0.2, 0.25) is 10.0 Å². The van der Waals surface area contributed by atoms with Crippen molar-refractivity contribution in [1.82, 2.24) is 9.62 Å². The van der Waals surface area contributed by atoms with Crippen molar-refractivity contribution in [3.63, 3.8) is 0 Å². The van der Waals surface area contributed by atoms with Gasteiger partial charge in [0, 0.05) is 23.1 Å². The summed E-state index contributed by atoms with van der Waals surface area (Å²) < 4.78 is 27.6. The molecule has 0 spiro atoms. The number of aryl methyl sites for hydroxylation is 2. The van der Waals surface area contributed by atoms with E-state index in [2.05, 4.69) is 30.4 Å². The van der Waals surface area contributed by atoms with Crippen LogP contribution in [-0.4, -0.2) is 31.7 Å². The number of nitrogens with one attached hydrogen (secondary N) is 1. The molecule has 1 saturated heterocycles. The van der Waals surface area contributed by atoms with Gasteiger partial charge in [0.05, 0.1) is 17.7 Å². The molecular formula is C26H32Cl2N2O3S. The Kier molecular flexibility index (Phi) is 8.24. The maximum Gasteiger partial charge on any atom is 0.224 e. The Hall–Kier alpha value is -1.60.